The number of likely N-dealkylation sites (tertiary alicyclic amines) is 1. The molecule has 0 bridgehead atoms. The Morgan fingerprint density at radius 1 is 1.33 bits per heavy atom. The van der Waals surface area contributed by atoms with Gasteiger partial charge in [-0.1, -0.05) is 24.3 Å². The molecule has 1 fully saturated rings. The third kappa shape index (κ3) is 7.72. The summed E-state index contributed by atoms with van der Waals surface area (Å²) in [7, 11) is 0. The number of halogens is 1. The average molecular weight is 495 g/mol. The highest BCUT2D eigenvalue weighted by Crippen LogP contribution is 2.28. The summed E-state index contributed by atoms with van der Waals surface area (Å²) < 4.78 is 24.9. The van der Waals surface area contributed by atoms with Crippen molar-refractivity contribution >= 4 is 17.7 Å². The predicted octanol–water partition coefficient (Wildman–Crippen LogP) is 5.41. The maximum atomic E-state index is 14.0. The first kappa shape index (κ1) is 27.5. The molecule has 2 aromatic carbocycles. The third-order valence-corrected chi connectivity index (χ3v) is 6.51. The zero-order chi connectivity index (χ0) is 26.1. The van der Waals surface area contributed by atoms with Crippen molar-refractivity contribution in [2.24, 2.45) is 0 Å². The standard InChI is InChI=1S/C29H35FN2O4/c1-5-35-29(34)13-10-23-17-24(31-4)11-12-27(23)21(3)36-19-26(33)18-32-14-6-7-25(32)15-22-9-8-20(2)28(30)16-22/h8-13,16-17,21,25-26,33H,5-7,14-15,18-19H2,1-3H3/b13-10+/t21-,25+,26-/m1/s1. The Labute approximate surface area is 213 Å². The van der Waals surface area contributed by atoms with E-state index in [1.165, 1.54) is 6.08 Å². The lowest BCUT2D eigenvalue weighted by molar-refractivity contribution is -0.137. The van der Waals surface area contributed by atoms with Crippen molar-refractivity contribution in [2.75, 3.05) is 26.3 Å². The molecule has 0 radical (unpaired) electrons. The van der Waals surface area contributed by atoms with Crippen LogP contribution in [-0.2, 0) is 20.7 Å². The van der Waals surface area contributed by atoms with Gasteiger partial charge in [-0.2, -0.15) is 0 Å². The number of benzene rings is 2. The highest BCUT2D eigenvalue weighted by Gasteiger charge is 2.27. The Kier molecular flexibility index (Phi) is 10.2. The lowest BCUT2D eigenvalue weighted by Crippen LogP contribution is -2.39. The molecule has 0 unspecified atom stereocenters. The van der Waals surface area contributed by atoms with Gasteiger partial charge in [0.15, 0.2) is 5.69 Å². The first-order valence-corrected chi connectivity index (χ1v) is 12.5. The maximum absolute atomic E-state index is 14.0. The minimum absolute atomic E-state index is 0.148. The van der Waals surface area contributed by atoms with Gasteiger partial charge in [0, 0.05) is 18.7 Å². The Balaban J connectivity index is 1.58. The van der Waals surface area contributed by atoms with Gasteiger partial charge < -0.3 is 14.6 Å². The highest BCUT2D eigenvalue weighted by molar-refractivity contribution is 5.87. The molecule has 0 amide bonds. The summed E-state index contributed by atoms with van der Waals surface area (Å²) in [6.07, 6.45) is 4.75. The van der Waals surface area contributed by atoms with Crippen LogP contribution in [0.15, 0.2) is 42.5 Å². The van der Waals surface area contributed by atoms with Gasteiger partial charge in [-0.3, -0.25) is 4.90 Å². The number of aliphatic hydroxyl groups is 1. The zero-order valence-electron chi connectivity index (χ0n) is 21.2. The number of hydrogen-bond donors (Lipinski definition) is 1. The smallest absolute Gasteiger partial charge is 0.330 e. The van der Waals surface area contributed by atoms with E-state index >= 15 is 0 Å². The number of esters is 1. The van der Waals surface area contributed by atoms with E-state index in [0.717, 1.165) is 36.9 Å². The van der Waals surface area contributed by atoms with Crippen LogP contribution in [0, 0.1) is 19.3 Å². The van der Waals surface area contributed by atoms with Gasteiger partial charge in [0.05, 0.1) is 32.0 Å². The van der Waals surface area contributed by atoms with E-state index in [4.69, 9.17) is 16.0 Å². The second-order valence-electron chi connectivity index (χ2n) is 9.22. The van der Waals surface area contributed by atoms with Crippen LogP contribution in [0.2, 0.25) is 0 Å². The van der Waals surface area contributed by atoms with Crippen molar-refractivity contribution in [2.45, 2.75) is 58.3 Å². The molecule has 0 saturated carbocycles. The molecule has 2 aromatic rings. The molecule has 3 atom stereocenters. The van der Waals surface area contributed by atoms with E-state index in [0.29, 0.717) is 23.4 Å². The van der Waals surface area contributed by atoms with Crippen LogP contribution in [-0.4, -0.2) is 54.4 Å². The van der Waals surface area contributed by atoms with E-state index < -0.39 is 12.1 Å². The number of carbonyl (C=O) groups is 1. The van der Waals surface area contributed by atoms with E-state index in [1.54, 1.807) is 38.1 Å². The number of carbonyl (C=O) groups excluding carboxylic acids is 1. The number of nitrogens with zero attached hydrogens (tertiary/aromatic N) is 2. The number of ether oxygens (including phenoxy) is 2. The van der Waals surface area contributed by atoms with Crippen LogP contribution in [0.1, 0.15) is 55.0 Å². The lowest BCUT2D eigenvalue weighted by Gasteiger charge is -2.27. The molecule has 1 saturated heterocycles. The SMILES string of the molecule is [C-]#[N+]c1ccc([C@@H](C)OC[C@H](O)CN2CCC[C@H]2Cc2ccc(C)c(F)c2)c(/C=C/C(=O)OCC)c1. The van der Waals surface area contributed by atoms with Gasteiger partial charge in [-0.05, 0) is 87.0 Å². The normalized spacial score (nSPS) is 17.7. The van der Waals surface area contributed by atoms with Crippen molar-refractivity contribution in [3.05, 3.63) is 82.0 Å². The molecule has 6 nitrogen and oxygen atoms in total. The van der Waals surface area contributed by atoms with Crippen molar-refractivity contribution in [3.63, 3.8) is 0 Å². The van der Waals surface area contributed by atoms with Crippen molar-refractivity contribution in [1.82, 2.24) is 4.90 Å². The Morgan fingerprint density at radius 3 is 2.86 bits per heavy atom. The van der Waals surface area contributed by atoms with Crippen LogP contribution in [0.5, 0.6) is 0 Å². The van der Waals surface area contributed by atoms with Gasteiger partial charge in [0.1, 0.15) is 5.82 Å². The molecular weight excluding hydrogens is 459 g/mol. The summed E-state index contributed by atoms with van der Waals surface area (Å²) in [6, 6.07) is 10.9. The molecule has 1 aliphatic heterocycles. The molecule has 7 heteroatoms. The monoisotopic (exact) mass is 494 g/mol. The van der Waals surface area contributed by atoms with Crippen molar-refractivity contribution in [3.8, 4) is 0 Å². The third-order valence-electron chi connectivity index (χ3n) is 6.51. The van der Waals surface area contributed by atoms with Crippen molar-refractivity contribution < 1.29 is 23.8 Å². The topological polar surface area (TPSA) is 63.4 Å². The fraction of sp³-hybridized carbons (Fsp3) is 0.448. The molecule has 3 rings (SSSR count). The van der Waals surface area contributed by atoms with E-state index in [1.807, 2.05) is 25.1 Å². The zero-order valence-corrected chi connectivity index (χ0v) is 21.2. The number of aliphatic hydroxyl groups excluding tert-OH is 1. The Bertz CT molecular complexity index is 1110. The summed E-state index contributed by atoms with van der Waals surface area (Å²) >= 11 is 0. The fourth-order valence-corrected chi connectivity index (χ4v) is 4.57. The summed E-state index contributed by atoms with van der Waals surface area (Å²) in [4.78, 5) is 17.5. The van der Waals surface area contributed by atoms with Crippen LogP contribution in [0.3, 0.4) is 0 Å². The lowest BCUT2D eigenvalue weighted by atomic mass is 10.0. The summed E-state index contributed by atoms with van der Waals surface area (Å²) in [5.74, 6) is -0.630. The molecule has 1 heterocycles. The predicted molar refractivity (Wildman–Crippen MR) is 138 cm³/mol. The van der Waals surface area contributed by atoms with Crippen LogP contribution >= 0.6 is 0 Å². The molecule has 0 aliphatic carbocycles. The summed E-state index contributed by atoms with van der Waals surface area (Å²) in [5.41, 5.74) is 3.59. The summed E-state index contributed by atoms with van der Waals surface area (Å²) in [5, 5.41) is 10.7. The van der Waals surface area contributed by atoms with Crippen LogP contribution in [0.25, 0.3) is 10.9 Å². The Hall–Kier alpha value is -3.05. The Morgan fingerprint density at radius 2 is 2.14 bits per heavy atom. The van der Waals surface area contributed by atoms with Gasteiger partial charge in [0.25, 0.3) is 0 Å². The molecule has 36 heavy (non-hydrogen) atoms. The van der Waals surface area contributed by atoms with E-state index in [-0.39, 0.29) is 31.2 Å². The second kappa shape index (κ2) is 13.3. The van der Waals surface area contributed by atoms with Gasteiger partial charge in [-0.15, -0.1) is 0 Å². The molecule has 0 aromatic heterocycles. The molecule has 1 aliphatic rings. The van der Waals surface area contributed by atoms with Gasteiger partial charge in [-0.25, -0.2) is 14.0 Å². The van der Waals surface area contributed by atoms with Gasteiger partial charge >= 0.3 is 5.97 Å². The maximum Gasteiger partial charge on any atom is 0.330 e. The molecule has 192 valence electrons. The summed E-state index contributed by atoms with van der Waals surface area (Å²) in [6.45, 7) is 14.5. The fourth-order valence-electron chi connectivity index (χ4n) is 4.57. The van der Waals surface area contributed by atoms with Crippen LogP contribution < -0.4 is 0 Å². The average Bonchev–Trinajstić information content (AvgIpc) is 3.29. The highest BCUT2D eigenvalue weighted by atomic mass is 19.1. The van der Waals surface area contributed by atoms with E-state index in [9.17, 15) is 14.3 Å². The van der Waals surface area contributed by atoms with Crippen molar-refractivity contribution in [1.29, 1.82) is 0 Å². The van der Waals surface area contributed by atoms with Gasteiger partial charge in [0.2, 0.25) is 0 Å². The molecule has 1 N–H and O–H groups in total. The second-order valence-corrected chi connectivity index (χ2v) is 9.22. The largest absolute Gasteiger partial charge is 0.463 e. The molecular formula is C29H35FN2O4. The molecule has 0 spiro atoms. The number of β-amino-alcohol motifs (C(OH)–C–C–N with tert-alkyl or cyclic N) is 1. The first-order chi connectivity index (χ1) is 17.3. The van der Waals surface area contributed by atoms with E-state index in [2.05, 4.69) is 9.74 Å². The first-order valence-electron chi connectivity index (χ1n) is 12.5. The number of hydrogen-bond acceptors (Lipinski definition) is 5. The quantitative estimate of drug-likeness (QED) is 0.257. The minimum Gasteiger partial charge on any atom is -0.463 e. The van der Waals surface area contributed by atoms with Crippen LogP contribution in [0.4, 0.5) is 10.1 Å². The minimum atomic E-state index is -0.677. The number of rotatable bonds is 11. The number of aryl methyl sites for hydroxylation is 1.